The highest BCUT2D eigenvalue weighted by atomic mass is 32.2. The zero-order chi connectivity index (χ0) is 11.7. The number of methoxy groups -OCH3 is 1. The molecule has 0 saturated heterocycles. The van der Waals surface area contributed by atoms with Crippen molar-refractivity contribution in [3.63, 3.8) is 0 Å². The predicted molar refractivity (Wildman–Crippen MR) is 63.8 cm³/mol. The molecule has 1 heterocycles. The van der Waals surface area contributed by atoms with Crippen LogP contribution in [0.1, 0.15) is 10.4 Å². The van der Waals surface area contributed by atoms with Gasteiger partial charge in [-0.2, -0.15) is 0 Å². The first-order valence-electron chi connectivity index (χ1n) is 4.76. The quantitative estimate of drug-likeness (QED) is 0.591. The number of thioether (sulfide) groups is 1. The van der Waals surface area contributed by atoms with Crippen LogP contribution in [0.15, 0.2) is 23.4 Å². The minimum atomic E-state index is -0.325. The molecule has 84 valence electrons. The molecule has 0 aliphatic rings. The van der Waals surface area contributed by atoms with Gasteiger partial charge in [-0.15, -0.1) is 0 Å². The van der Waals surface area contributed by atoms with Gasteiger partial charge in [-0.3, -0.25) is 0 Å². The molecule has 0 spiro atoms. The van der Waals surface area contributed by atoms with Crippen molar-refractivity contribution in [2.75, 3.05) is 13.4 Å². The molecule has 0 N–H and O–H groups in total. The Bertz CT molecular complexity index is 548. The molecule has 0 atom stereocenters. The number of rotatable bonds is 2. The minimum absolute atomic E-state index is 0.325. The van der Waals surface area contributed by atoms with Crippen molar-refractivity contribution in [3.05, 3.63) is 23.8 Å². The number of benzene rings is 1. The number of hydrogen-bond donors (Lipinski definition) is 0. The second-order valence-corrected chi connectivity index (χ2v) is 4.13. The van der Waals surface area contributed by atoms with Crippen LogP contribution in [0.4, 0.5) is 0 Å². The Balaban J connectivity index is 2.61. The summed E-state index contributed by atoms with van der Waals surface area (Å²) in [7, 11) is 3.31. The molecule has 2 rings (SSSR count). The van der Waals surface area contributed by atoms with Gasteiger partial charge in [0, 0.05) is 7.05 Å². The maximum Gasteiger partial charge on any atom is 0.337 e. The van der Waals surface area contributed by atoms with Gasteiger partial charge in [0.15, 0.2) is 5.16 Å². The molecule has 4 nitrogen and oxygen atoms in total. The lowest BCUT2D eigenvalue weighted by Crippen LogP contribution is -2.01. The van der Waals surface area contributed by atoms with Gasteiger partial charge in [0.2, 0.25) is 0 Å². The number of aromatic nitrogens is 2. The van der Waals surface area contributed by atoms with Crippen LogP contribution in [-0.4, -0.2) is 28.9 Å². The van der Waals surface area contributed by atoms with Gasteiger partial charge < -0.3 is 9.30 Å². The van der Waals surface area contributed by atoms with Crippen LogP contribution >= 0.6 is 11.8 Å². The molecule has 0 bridgehead atoms. The second kappa shape index (κ2) is 4.17. The van der Waals surface area contributed by atoms with Crippen LogP contribution in [0.3, 0.4) is 0 Å². The maximum absolute atomic E-state index is 11.4. The largest absolute Gasteiger partial charge is 0.465 e. The van der Waals surface area contributed by atoms with Crippen molar-refractivity contribution >= 4 is 28.8 Å². The summed E-state index contributed by atoms with van der Waals surface area (Å²) in [6, 6.07) is 5.36. The van der Waals surface area contributed by atoms with Crippen LogP contribution < -0.4 is 0 Å². The monoisotopic (exact) mass is 236 g/mol. The SMILES string of the molecule is COC(=O)c1ccc2nc(SC)n(C)c2c1. The molecule has 2 aromatic rings. The van der Waals surface area contributed by atoms with E-state index in [-0.39, 0.29) is 5.97 Å². The topological polar surface area (TPSA) is 44.1 Å². The van der Waals surface area contributed by atoms with E-state index in [9.17, 15) is 4.79 Å². The van der Waals surface area contributed by atoms with Crippen LogP contribution in [0.25, 0.3) is 11.0 Å². The molecular formula is C11H12N2O2S. The fourth-order valence-electron chi connectivity index (χ4n) is 1.60. The predicted octanol–water partition coefficient (Wildman–Crippen LogP) is 2.08. The second-order valence-electron chi connectivity index (χ2n) is 3.35. The van der Waals surface area contributed by atoms with Gasteiger partial charge in [0.1, 0.15) is 0 Å². The summed E-state index contributed by atoms with van der Waals surface area (Å²) < 4.78 is 6.65. The summed E-state index contributed by atoms with van der Waals surface area (Å²) in [6.07, 6.45) is 1.97. The first-order chi connectivity index (χ1) is 7.67. The number of ether oxygens (including phenoxy) is 1. The first-order valence-corrected chi connectivity index (χ1v) is 5.98. The molecule has 0 saturated carbocycles. The molecule has 0 unspecified atom stereocenters. The molecule has 0 aliphatic carbocycles. The minimum Gasteiger partial charge on any atom is -0.465 e. The molecule has 0 amide bonds. The zero-order valence-corrected chi connectivity index (χ0v) is 10.2. The number of hydrogen-bond acceptors (Lipinski definition) is 4. The lowest BCUT2D eigenvalue weighted by Gasteiger charge is -2.00. The highest BCUT2D eigenvalue weighted by Gasteiger charge is 2.10. The van der Waals surface area contributed by atoms with E-state index in [4.69, 9.17) is 0 Å². The van der Waals surface area contributed by atoms with Crippen LogP contribution in [0.5, 0.6) is 0 Å². The molecule has 1 aromatic heterocycles. The number of carbonyl (C=O) groups is 1. The van der Waals surface area contributed by atoms with Crippen molar-refractivity contribution in [2.24, 2.45) is 7.05 Å². The number of fused-ring (bicyclic) bond motifs is 1. The van der Waals surface area contributed by atoms with Crippen molar-refractivity contribution in [2.45, 2.75) is 5.16 Å². The van der Waals surface area contributed by atoms with Crippen molar-refractivity contribution in [1.29, 1.82) is 0 Å². The van der Waals surface area contributed by atoms with Gasteiger partial charge in [0.05, 0.1) is 23.7 Å². The van der Waals surface area contributed by atoms with E-state index in [2.05, 4.69) is 9.72 Å². The Morgan fingerprint density at radius 1 is 1.50 bits per heavy atom. The molecule has 0 radical (unpaired) electrons. The Hall–Kier alpha value is -1.49. The Morgan fingerprint density at radius 3 is 2.88 bits per heavy atom. The highest BCUT2D eigenvalue weighted by Crippen LogP contribution is 2.22. The van der Waals surface area contributed by atoms with E-state index in [1.54, 1.807) is 23.9 Å². The summed E-state index contributed by atoms with van der Waals surface area (Å²) in [5.74, 6) is -0.325. The summed E-state index contributed by atoms with van der Waals surface area (Å²) in [6.45, 7) is 0. The summed E-state index contributed by atoms with van der Waals surface area (Å²) >= 11 is 1.58. The van der Waals surface area contributed by atoms with Crippen LogP contribution in [-0.2, 0) is 11.8 Å². The third-order valence-electron chi connectivity index (χ3n) is 2.44. The third-order valence-corrected chi connectivity index (χ3v) is 3.17. The van der Waals surface area contributed by atoms with Crippen molar-refractivity contribution in [1.82, 2.24) is 9.55 Å². The smallest absolute Gasteiger partial charge is 0.337 e. The van der Waals surface area contributed by atoms with E-state index >= 15 is 0 Å². The lowest BCUT2D eigenvalue weighted by molar-refractivity contribution is 0.0601. The number of esters is 1. The summed E-state index contributed by atoms with van der Waals surface area (Å²) in [4.78, 5) is 15.8. The van der Waals surface area contributed by atoms with Crippen molar-refractivity contribution in [3.8, 4) is 0 Å². The number of aryl methyl sites for hydroxylation is 1. The van der Waals surface area contributed by atoms with Gasteiger partial charge in [-0.05, 0) is 24.5 Å². The van der Waals surface area contributed by atoms with Gasteiger partial charge in [-0.1, -0.05) is 11.8 Å². The maximum atomic E-state index is 11.4. The molecule has 5 heteroatoms. The standard InChI is InChI=1S/C11H12N2O2S/c1-13-9-6-7(10(14)15-2)4-5-8(9)12-11(13)16-3/h4-6H,1-3H3. The van der Waals surface area contributed by atoms with Crippen LogP contribution in [0.2, 0.25) is 0 Å². The Kier molecular flexibility index (Phi) is 2.87. The molecule has 0 aliphatic heterocycles. The van der Waals surface area contributed by atoms with E-state index in [1.165, 1.54) is 7.11 Å². The zero-order valence-electron chi connectivity index (χ0n) is 9.35. The van der Waals surface area contributed by atoms with E-state index < -0.39 is 0 Å². The molecule has 0 fully saturated rings. The summed E-state index contributed by atoms with van der Waals surface area (Å²) in [5, 5.41) is 0.928. The van der Waals surface area contributed by atoms with E-state index in [0.29, 0.717) is 5.56 Å². The molecule has 16 heavy (non-hydrogen) atoms. The number of imidazole rings is 1. The number of nitrogens with zero attached hydrogens (tertiary/aromatic N) is 2. The lowest BCUT2D eigenvalue weighted by atomic mass is 10.2. The van der Waals surface area contributed by atoms with Crippen LogP contribution in [0, 0.1) is 0 Å². The Labute approximate surface area is 97.6 Å². The molecular weight excluding hydrogens is 224 g/mol. The van der Waals surface area contributed by atoms with Gasteiger partial charge in [0.25, 0.3) is 0 Å². The summed E-state index contributed by atoms with van der Waals surface area (Å²) in [5.41, 5.74) is 2.37. The Morgan fingerprint density at radius 2 is 2.25 bits per heavy atom. The van der Waals surface area contributed by atoms with E-state index in [1.807, 2.05) is 23.9 Å². The van der Waals surface area contributed by atoms with Gasteiger partial charge in [-0.25, -0.2) is 9.78 Å². The fraction of sp³-hybridized carbons (Fsp3) is 0.273. The normalized spacial score (nSPS) is 10.7. The average Bonchev–Trinajstić information content (AvgIpc) is 2.64. The fourth-order valence-corrected chi connectivity index (χ4v) is 2.16. The molecule has 1 aromatic carbocycles. The van der Waals surface area contributed by atoms with E-state index in [0.717, 1.165) is 16.2 Å². The van der Waals surface area contributed by atoms with Gasteiger partial charge >= 0.3 is 5.97 Å². The first kappa shape index (κ1) is 11.0. The number of carbonyl (C=O) groups excluding carboxylic acids is 1. The third kappa shape index (κ3) is 1.67. The average molecular weight is 236 g/mol. The van der Waals surface area contributed by atoms with Crippen molar-refractivity contribution < 1.29 is 9.53 Å². The highest BCUT2D eigenvalue weighted by molar-refractivity contribution is 7.98.